The van der Waals surface area contributed by atoms with Crippen LogP contribution < -0.4 is 11.1 Å². The van der Waals surface area contributed by atoms with Crippen LogP contribution in [0.1, 0.15) is 16.1 Å². The van der Waals surface area contributed by atoms with E-state index in [9.17, 15) is 4.79 Å². The summed E-state index contributed by atoms with van der Waals surface area (Å²) >= 11 is 6.02. The molecule has 0 saturated heterocycles. The number of carbonyl (C=O) groups excluding carboxylic acids is 1. The predicted octanol–water partition coefficient (Wildman–Crippen LogP) is 4.03. The van der Waals surface area contributed by atoms with Gasteiger partial charge in [-0.1, -0.05) is 35.4 Å². The van der Waals surface area contributed by atoms with Crippen LogP contribution in [0.25, 0.3) is 10.8 Å². The Bertz CT molecular complexity index is 860. The van der Waals surface area contributed by atoms with Gasteiger partial charge in [0.1, 0.15) is 5.69 Å². The second kappa shape index (κ2) is 5.66. The van der Waals surface area contributed by atoms with E-state index in [2.05, 4.69) is 10.3 Å². The second-order valence-corrected chi connectivity index (χ2v) is 5.44. The number of nitrogens with two attached hydrogens (primary N) is 1. The number of nitrogens with zero attached hydrogens (tertiary/aromatic N) is 1. The van der Waals surface area contributed by atoms with Crippen LogP contribution in [0, 0.1) is 6.92 Å². The van der Waals surface area contributed by atoms with Crippen molar-refractivity contribution in [3.8, 4) is 0 Å². The zero-order chi connectivity index (χ0) is 15.7. The minimum absolute atomic E-state index is 0.281. The van der Waals surface area contributed by atoms with Crippen molar-refractivity contribution in [1.82, 2.24) is 4.98 Å². The minimum atomic E-state index is -0.281. The van der Waals surface area contributed by atoms with Gasteiger partial charge in [-0.3, -0.25) is 9.78 Å². The maximum Gasteiger partial charge on any atom is 0.274 e. The number of hydrogen-bond acceptors (Lipinski definition) is 3. The highest BCUT2D eigenvalue weighted by Gasteiger charge is 2.14. The van der Waals surface area contributed by atoms with Gasteiger partial charge < -0.3 is 11.1 Å². The van der Waals surface area contributed by atoms with Crippen LogP contribution in [0.2, 0.25) is 5.02 Å². The number of nitrogens with one attached hydrogen (secondary N) is 1. The number of rotatable bonds is 2. The van der Waals surface area contributed by atoms with E-state index >= 15 is 0 Å². The SMILES string of the molecule is Cc1ccc(NC(=O)c2nccc3c(N)c(Cl)ccc23)cc1. The number of benzene rings is 2. The number of fused-ring (bicyclic) bond motifs is 1. The van der Waals surface area contributed by atoms with Gasteiger partial charge in [-0.25, -0.2) is 0 Å². The molecule has 3 N–H and O–H groups in total. The number of pyridine rings is 1. The number of carbonyl (C=O) groups is 1. The van der Waals surface area contributed by atoms with E-state index < -0.39 is 0 Å². The molecule has 1 aromatic heterocycles. The molecule has 0 spiro atoms. The third-order valence-corrected chi connectivity index (χ3v) is 3.79. The third-order valence-electron chi connectivity index (χ3n) is 3.46. The third kappa shape index (κ3) is 2.61. The Morgan fingerprint density at radius 3 is 2.55 bits per heavy atom. The van der Waals surface area contributed by atoms with Crippen LogP contribution in [-0.2, 0) is 0 Å². The summed E-state index contributed by atoms with van der Waals surface area (Å²) in [4.78, 5) is 16.6. The van der Waals surface area contributed by atoms with Gasteiger partial charge in [0.2, 0.25) is 0 Å². The van der Waals surface area contributed by atoms with Gasteiger partial charge in [0.05, 0.1) is 10.7 Å². The highest BCUT2D eigenvalue weighted by Crippen LogP contribution is 2.29. The number of amides is 1. The maximum atomic E-state index is 12.5. The van der Waals surface area contributed by atoms with E-state index in [0.29, 0.717) is 21.8 Å². The highest BCUT2D eigenvalue weighted by molar-refractivity contribution is 6.35. The average Bonchev–Trinajstić information content (AvgIpc) is 2.52. The first-order chi connectivity index (χ1) is 10.6. The van der Waals surface area contributed by atoms with Crippen LogP contribution in [0.4, 0.5) is 11.4 Å². The number of aryl methyl sites for hydroxylation is 1. The van der Waals surface area contributed by atoms with E-state index in [1.807, 2.05) is 31.2 Å². The van der Waals surface area contributed by atoms with Crippen molar-refractivity contribution in [3.63, 3.8) is 0 Å². The lowest BCUT2D eigenvalue weighted by molar-refractivity contribution is 0.102. The van der Waals surface area contributed by atoms with E-state index in [4.69, 9.17) is 17.3 Å². The molecule has 3 aromatic rings. The van der Waals surface area contributed by atoms with Crippen LogP contribution in [0.5, 0.6) is 0 Å². The fourth-order valence-corrected chi connectivity index (χ4v) is 2.42. The average molecular weight is 312 g/mol. The van der Waals surface area contributed by atoms with Crippen molar-refractivity contribution < 1.29 is 4.79 Å². The van der Waals surface area contributed by atoms with Crippen LogP contribution >= 0.6 is 11.6 Å². The number of nitrogen functional groups attached to an aromatic ring is 1. The smallest absolute Gasteiger partial charge is 0.274 e. The summed E-state index contributed by atoms with van der Waals surface area (Å²) in [6, 6.07) is 12.7. The predicted molar refractivity (Wildman–Crippen MR) is 90.3 cm³/mol. The van der Waals surface area contributed by atoms with Gasteiger partial charge in [0, 0.05) is 22.7 Å². The van der Waals surface area contributed by atoms with Crippen molar-refractivity contribution in [1.29, 1.82) is 0 Å². The zero-order valence-corrected chi connectivity index (χ0v) is 12.7. The van der Waals surface area contributed by atoms with Crippen molar-refractivity contribution >= 4 is 39.7 Å². The molecule has 3 rings (SSSR count). The van der Waals surface area contributed by atoms with Crippen LogP contribution in [0.15, 0.2) is 48.7 Å². The topological polar surface area (TPSA) is 68.0 Å². The molecule has 4 nitrogen and oxygen atoms in total. The molecule has 0 aliphatic rings. The van der Waals surface area contributed by atoms with Gasteiger partial charge in [-0.05, 0) is 31.2 Å². The molecule has 0 aliphatic heterocycles. The normalized spacial score (nSPS) is 10.6. The summed E-state index contributed by atoms with van der Waals surface area (Å²) in [6.45, 7) is 1.99. The Morgan fingerprint density at radius 1 is 1.09 bits per heavy atom. The first kappa shape index (κ1) is 14.4. The Kier molecular flexibility index (Phi) is 3.69. The first-order valence-electron chi connectivity index (χ1n) is 6.77. The first-order valence-corrected chi connectivity index (χ1v) is 7.15. The maximum absolute atomic E-state index is 12.5. The molecule has 0 atom stereocenters. The molecule has 1 heterocycles. The fraction of sp³-hybridized carbons (Fsp3) is 0.0588. The Morgan fingerprint density at radius 2 is 1.82 bits per heavy atom. The van der Waals surface area contributed by atoms with Gasteiger partial charge in [-0.15, -0.1) is 0 Å². The summed E-state index contributed by atoms with van der Waals surface area (Å²) < 4.78 is 0. The Hall–Kier alpha value is -2.59. The van der Waals surface area contributed by atoms with E-state index in [0.717, 1.165) is 16.6 Å². The van der Waals surface area contributed by atoms with Crippen molar-refractivity contribution in [2.45, 2.75) is 6.92 Å². The second-order valence-electron chi connectivity index (χ2n) is 5.04. The molecule has 22 heavy (non-hydrogen) atoms. The Balaban J connectivity index is 2.01. The van der Waals surface area contributed by atoms with Crippen molar-refractivity contribution in [2.75, 3.05) is 11.1 Å². The molecule has 0 aliphatic carbocycles. The van der Waals surface area contributed by atoms with Crippen molar-refractivity contribution in [3.05, 3.63) is 64.9 Å². The lowest BCUT2D eigenvalue weighted by Gasteiger charge is -2.09. The quantitative estimate of drug-likeness (QED) is 0.702. The molecule has 0 fully saturated rings. The summed E-state index contributed by atoms with van der Waals surface area (Å²) in [5, 5.41) is 4.69. The van der Waals surface area contributed by atoms with E-state index in [1.54, 1.807) is 24.4 Å². The van der Waals surface area contributed by atoms with Crippen LogP contribution in [0.3, 0.4) is 0 Å². The largest absolute Gasteiger partial charge is 0.397 e. The molecule has 110 valence electrons. The number of anilines is 2. The number of halogens is 1. The Labute approximate surface area is 132 Å². The molecule has 0 radical (unpaired) electrons. The van der Waals surface area contributed by atoms with E-state index in [1.165, 1.54) is 0 Å². The number of hydrogen-bond donors (Lipinski definition) is 2. The molecular formula is C17H14ClN3O. The molecule has 0 saturated carbocycles. The van der Waals surface area contributed by atoms with Gasteiger partial charge in [-0.2, -0.15) is 0 Å². The lowest BCUT2D eigenvalue weighted by atomic mass is 10.1. The highest BCUT2D eigenvalue weighted by atomic mass is 35.5. The summed E-state index contributed by atoms with van der Waals surface area (Å²) in [6.07, 6.45) is 1.55. The molecule has 1 amide bonds. The zero-order valence-electron chi connectivity index (χ0n) is 11.9. The lowest BCUT2D eigenvalue weighted by Crippen LogP contribution is -2.14. The molecule has 5 heteroatoms. The minimum Gasteiger partial charge on any atom is -0.397 e. The van der Waals surface area contributed by atoms with Gasteiger partial charge >= 0.3 is 0 Å². The monoisotopic (exact) mass is 311 g/mol. The molecule has 0 bridgehead atoms. The number of aromatic nitrogens is 1. The molecule has 0 unspecified atom stereocenters. The van der Waals surface area contributed by atoms with E-state index in [-0.39, 0.29) is 5.91 Å². The standard InChI is InChI=1S/C17H14ClN3O/c1-10-2-4-11(5-3-10)21-17(22)16-13-6-7-14(18)15(19)12(13)8-9-20-16/h2-9H,19H2,1H3,(H,21,22). The molecular weight excluding hydrogens is 298 g/mol. The molecule has 2 aromatic carbocycles. The van der Waals surface area contributed by atoms with Crippen molar-refractivity contribution in [2.24, 2.45) is 0 Å². The fourth-order valence-electron chi connectivity index (χ4n) is 2.26. The summed E-state index contributed by atoms with van der Waals surface area (Å²) in [5.74, 6) is -0.281. The van der Waals surface area contributed by atoms with Gasteiger partial charge in [0.15, 0.2) is 0 Å². The summed E-state index contributed by atoms with van der Waals surface area (Å²) in [5.41, 5.74) is 8.58. The van der Waals surface area contributed by atoms with Gasteiger partial charge in [0.25, 0.3) is 5.91 Å². The van der Waals surface area contributed by atoms with Crippen LogP contribution in [-0.4, -0.2) is 10.9 Å². The summed E-state index contributed by atoms with van der Waals surface area (Å²) in [7, 11) is 0.